The van der Waals surface area contributed by atoms with Crippen molar-refractivity contribution in [1.82, 2.24) is 24.2 Å². The van der Waals surface area contributed by atoms with E-state index in [9.17, 15) is 32.4 Å². The van der Waals surface area contributed by atoms with Gasteiger partial charge in [0.05, 0.1) is 74.7 Å². The molecule has 9 heterocycles. The Morgan fingerprint density at radius 1 is 0.450 bits per heavy atom. The average Bonchev–Trinajstić information content (AvgIpc) is 1.61. The molecule has 670 valence electrons. The smallest absolute Gasteiger partial charge is 0.335 e. The summed E-state index contributed by atoms with van der Waals surface area (Å²) in [5.41, 5.74) is 12.1. The van der Waals surface area contributed by atoms with E-state index >= 15 is 0 Å². The highest BCUT2D eigenvalue weighted by atomic mass is 32.2. The molecule has 1 saturated heterocycles. The quantitative estimate of drug-likeness (QED) is 0.0460. The number of hydrogen-bond donors (Lipinski definition) is 2. The number of ether oxygens (including phenoxy) is 11. The van der Waals surface area contributed by atoms with Crippen molar-refractivity contribution in [3.05, 3.63) is 287 Å². The number of aromatic carboxylic acids is 1. The highest BCUT2D eigenvalue weighted by Gasteiger charge is 2.55. The minimum absolute atomic E-state index is 0.104. The predicted octanol–water partition coefficient (Wildman–Crippen LogP) is 18.5. The maximum absolute atomic E-state index is 13.4. The van der Waals surface area contributed by atoms with E-state index in [4.69, 9.17) is 72.2 Å². The number of rotatable bonds is 28. The normalized spacial score (nSPS) is 16.9. The number of anilines is 1. The molecule has 4 aliphatic carbocycles. The van der Waals surface area contributed by atoms with Crippen molar-refractivity contribution in [2.24, 2.45) is 0 Å². The molecule has 5 aliphatic heterocycles. The highest BCUT2D eigenvalue weighted by Crippen LogP contribution is 2.56. The molecule has 1 amide bonds. The summed E-state index contributed by atoms with van der Waals surface area (Å²) >= 11 is 0. The van der Waals surface area contributed by atoms with Crippen LogP contribution in [0, 0.1) is 0 Å². The maximum atomic E-state index is 13.4. The standard InChI is InChI=1S/C29H30N2O6S.C27H27NO4.C26H25NO4.C23H18N2O5/c1-35-18-23-5-3-15-31(23)38(33,34)24-10-7-20(8-11-24)25-6-2-4-22(30-25)17-28(32)29(13-14-29)21-9-12-26-27(16-21)37-19-36-26;1-17(2)18-7-9-23(30-3)21(13-18)22-6-4-5-20(28-22)15-26(29)27(11-12-27)19-8-10-24-25(14-19)32-16-31-24;1-17(2)31-21-7-3-5-18(13-21)22-8-4-6-20(27-22)15-25(28)26(11-12-26)19-9-10-23-24(14-19)30-16-29-23;26-21(27)15-6-4-14(5-7-15)17-2-1-3-20(24-17)25-22(28)23(10-11-23)16-8-9-18-19(12-16)30-13-29-18/h2,4,6-12,16,23H,3,5,13-15,17-19H2,1H3;4-10,13-14,17H,11-12,15-16H2,1-3H3;3-10,13-14,17H,11-12,15-16H2,1-2H3;1-9,12H,10-11,13H2,(H,26,27)(H,24,25,28)/t23-;;;/m1.../s1. The van der Waals surface area contributed by atoms with Crippen molar-refractivity contribution in [1.29, 1.82) is 0 Å². The van der Waals surface area contributed by atoms with Crippen molar-refractivity contribution in [2.45, 2.75) is 156 Å². The lowest BCUT2D eigenvalue weighted by molar-refractivity contribution is -0.121. The second-order valence-corrected chi connectivity index (χ2v) is 36.8. The molecule has 4 aromatic heterocycles. The third kappa shape index (κ3) is 18.8. The van der Waals surface area contributed by atoms with E-state index in [1.807, 2.05) is 184 Å². The summed E-state index contributed by atoms with van der Waals surface area (Å²) in [6.07, 6.45) is 9.15. The van der Waals surface area contributed by atoms with Crippen LogP contribution in [0.5, 0.6) is 57.5 Å². The molecule has 0 bridgehead atoms. The summed E-state index contributed by atoms with van der Waals surface area (Å²) in [4.78, 5) is 83.3. The van der Waals surface area contributed by atoms with Crippen LogP contribution in [0.2, 0.25) is 0 Å². The molecule has 0 unspecified atom stereocenters. The zero-order chi connectivity index (χ0) is 90.8. The minimum Gasteiger partial charge on any atom is -0.496 e. The van der Waals surface area contributed by atoms with E-state index in [1.165, 1.54) is 17.7 Å². The number of pyridine rings is 4. The fourth-order valence-electron chi connectivity index (χ4n) is 17.7. The fraction of sp³-hybridized carbons (Fsp3) is 0.305. The first kappa shape index (κ1) is 87.8. The molecule has 4 saturated carbocycles. The molecule has 21 rings (SSSR count). The lowest BCUT2D eigenvalue weighted by Gasteiger charge is -2.23. The molecule has 8 aromatic carbocycles. The Morgan fingerprint density at radius 2 is 0.870 bits per heavy atom. The zero-order valence-electron chi connectivity index (χ0n) is 73.6. The number of benzene rings is 8. The van der Waals surface area contributed by atoms with Gasteiger partial charge in [0.2, 0.25) is 43.1 Å². The molecular weight excluding hydrogens is 1680 g/mol. The number of carbonyl (C=O) groups is 5. The van der Waals surface area contributed by atoms with Crippen molar-refractivity contribution < 1.29 is 89.6 Å². The van der Waals surface area contributed by atoms with Gasteiger partial charge >= 0.3 is 5.97 Å². The summed E-state index contributed by atoms with van der Waals surface area (Å²) in [6, 6.07) is 73.0. The van der Waals surface area contributed by atoms with Gasteiger partial charge in [-0.25, -0.2) is 18.2 Å². The Bertz CT molecular complexity index is 6480. The number of carboxylic acids is 1. The Kier molecular flexibility index (Phi) is 24.8. The van der Waals surface area contributed by atoms with E-state index in [1.54, 1.807) is 61.0 Å². The first-order valence-corrected chi connectivity index (χ1v) is 45.7. The van der Waals surface area contributed by atoms with E-state index in [0.717, 1.165) is 166 Å². The third-order valence-corrected chi connectivity index (χ3v) is 27.7. The molecule has 5 fully saturated rings. The summed E-state index contributed by atoms with van der Waals surface area (Å²) in [5, 5.41) is 12.0. The van der Waals surface area contributed by atoms with Gasteiger partial charge in [-0.05, 0) is 257 Å². The van der Waals surface area contributed by atoms with Crippen LogP contribution < -0.4 is 52.7 Å². The van der Waals surface area contributed by atoms with Crippen LogP contribution in [0.25, 0.3) is 45.0 Å². The SMILES string of the molecule is CC(C)Oc1cccc(-c2cccc(CC(=O)C3(c4ccc5c(c4)OCO5)CC3)n2)c1.COC[C@H]1CCCN1S(=O)(=O)c1ccc(-c2cccc(CC(=O)C3(c4ccc5c(c4)OCO5)CC3)n2)cc1.COc1ccc(C(C)C)cc1-c1cccc(CC(=O)C2(c3ccc4c(c3)OCO4)CC2)n1.O=C(O)c1ccc(-c2cccc(NC(=O)C3(c4ccc5c(c4)OCO5)CC3)n2)cc1. The predicted molar refractivity (Wildman–Crippen MR) is 490 cm³/mol. The van der Waals surface area contributed by atoms with Crippen molar-refractivity contribution in [3.8, 4) is 103 Å². The number of hydrogen-bond acceptors (Lipinski definition) is 22. The number of Topliss-reactive ketones (excluding diaryl/α,β-unsaturated/α-hetero) is 3. The molecule has 0 spiro atoms. The molecule has 9 aliphatic rings. The van der Waals surface area contributed by atoms with Gasteiger partial charge in [-0.15, -0.1) is 0 Å². The van der Waals surface area contributed by atoms with Gasteiger partial charge in [-0.3, -0.25) is 34.1 Å². The number of nitrogens with zero attached hydrogens (tertiary/aromatic N) is 5. The van der Waals surface area contributed by atoms with Crippen LogP contribution >= 0.6 is 0 Å². The zero-order valence-corrected chi connectivity index (χ0v) is 74.4. The van der Waals surface area contributed by atoms with Crippen LogP contribution in [0.4, 0.5) is 5.82 Å². The monoisotopic (exact) mass is 1780 g/mol. The van der Waals surface area contributed by atoms with Gasteiger partial charge in [0, 0.05) is 78.3 Å². The van der Waals surface area contributed by atoms with E-state index < -0.39 is 37.7 Å². The number of amides is 1. The van der Waals surface area contributed by atoms with Gasteiger partial charge in [0.1, 0.15) is 34.7 Å². The molecule has 0 radical (unpaired) electrons. The first-order chi connectivity index (χ1) is 63.5. The van der Waals surface area contributed by atoms with Gasteiger partial charge in [-0.2, -0.15) is 4.31 Å². The van der Waals surface area contributed by atoms with Gasteiger partial charge in [-0.1, -0.05) is 105 Å². The van der Waals surface area contributed by atoms with E-state index in [-0.39, 0.29) is 79.5 Å². The van der Waals surface area contributed by atoms with E-state index in [0.29, 0.717) is 77.8 Å². The second-order valence-electron chi connectivity index (χ2n) is 34.9. The fourth-order valence-corrected chi connectivity index (χ4v) is 19.4. The summed E-state index contributed by atoms with van der Waals surface area (Å²) < 4.78 is 88.1. The number of carboxylic acid groups (broad SMARTS) is 1. The van der Waals surface area contributed by atoms with Crippen molar-refractivity contribution in [2.75, 3.05) is 59.9 Å². The Morgan fingerprint density at radius 3 is 1.31 bits per heavy atom. The van der Waals surface area contributed by atoms with Crippen molar-refractivity contribution >= 4 is 45.1 Å². The first-order valence-electron chi connectivity index (χ1n) is 44.3. The van der Waals surface area contributed by atoms with Crippen molar-refractivity contribution in [3.63, 3.8) is 0 Å². The van der Waals surface area contributed by atoms with Gasteiger partial charge < -0.3 is 62.5 Å². The number of methoxy groups -OCH3 is 2. The highest BCUT2D eigenvalue weighted by molar-refractivity contribution is 7.89. The van der Waals surface area contributed by atoms with Crippen LogP contribution in [0.1, 0.15) is 153 Å². The lowest BCUT2D eigenvalue weighted by atomic mass is 9.88. The number of fused-ring (bicyclic) bond motifs is 4. The molecule has 1 atom stereocenters. The van der Waals surface area contributed by atoms with Crippen LogP contribution in [-0.2, 0) is 74.9 Å². The summed E-state index contributed by atoms with van der Waals surface area (Å²) in [7, 11) is -0.339. The third-order valence-electron chi connectivity index (χ3n) is 25.7. The largest absolute Gasteiger partial charge is 0.496 e. The number of aromatic nitrogens is 4. The Balaban J connectivity index is 0.000000118. The topological polar surface area (TPSA) is 308 Å². The molecule has 12 aromatic rings. The van der Waals surface area contributed by atoms with Crippen LogP contribution in [0.3, 0.4) is 0 Å². The number of carbonyl (C=O) groups excluding carboxylic acids is 4. The lowest BCUT2D eigenvalue weighted by Crippen LogP contribution is -2.38. The Hall–Kier alpha value is -13.8. The molecule has 131 heavy (non-hydrogen) atoms. The minimum atomic E-state index is -3.60. The summed E-state index contributed by atoms with van der Waals surface area (Å²) in [6.45, 7) is 10.1. The van der Waals surface area contributed by atoms with Gasteiger partial charge in [0.15, 0.2) is 46.0 Å². The molecule has 25 nitrogen and oxygen atoms in total. The van der Waals surface area contributed by atoms with Crippen LogP contribution in [0.15, 0.2) is 241 Å². The van der Waals surface area contributed by atoms with E-state index in [2.05, 4.69) is 36.3 Å². The van der Waals surface area contributed by atoms with Gasteiger partial charge in [0.25, 0.3) is 0 Å². The molecular formula is C105H100N6O19S. The number of nitrogens with one attached hydrogen (secondary N) is 1. The number of ketones is 3. The molecule has 26 heteroatoms. The van der Waals surface area contributed by atoms with Crippen LogP contribution in [-0.4, -0.2) is 134 Å². The molecule has 2 N–H and O–H groups in total. The second kappa shape index (κ2) is 37.0. The maximum Gasteiger partial charge on any atom is 0.335 e. The number of sulfonamides is 1. The summed E-state index contributed by atoms with van der Waals surface area (Å²) in [5.74, 6) is 7.58. The Labute approximate surface area is 759 Å². The average molecular weight is 1780 g/mol.